The predicted molar refractivity (Wildman–Crippen MR) is 110 cm³/mol. The van der Waals surface area contributed by atoms with Crippen molar-refractivity contribution in [3.05, 3.63) is 89.5 Å². The van der Waals surface area contributed by atoms with Crippen LogP contribution in [0.4, 0.5) is 5.69 Å². The Morgan fingerprint density at radius 2 is 0.786 bits per heavy atom. The number of nitrogens with zero attached hydrogens (tertiary/aromatic N) is 1. The van der Waals surface area contributed by atoms with E-state index in [4.69, 9.17) is 0 Å². The topological polar surface area (TPSA) is 71.5 Å². The summed E-state index contributed by atoms with van der Waals surface area (Å²) in [6.07, 6.45) is 0. The molecule has 3 rings (SSSR count). The van der Waals surface area contributed by atoms with Crippen LogP contribution in [-0.2, 0) is 20.0 Å². The van der Waals surface area contributed by atoms with E-state index in [1.807, 2.05) is 20.8 Å². The highest BCUT2D eigenvalue weighted by Crippen LogP contribution is 2.31. The molecule has 5 nitrogen and oxygen atoms in total. The Balaban J connectivity index is 2.24. The zero-order chi connectivity index (χ0) is 20.5. The molecule has 0 aliphatic rings. The molecule has 0 heterocycles. The van der Waals surface area contributed by atoms with Gasteiger partial charge in [-0.05, 0) is 57.2 Å². The van der Waals surface area contributed by atoms with Crippen molar-refractivity contribution in [1.82, 2.24) is 0 Å². The normalized spacial score (nSPS) is 12.0. The van der Waals surface area contributed by atoms with Gasteiger partial charge in [0, 0.05) is 0 Å². The van der Waals surface area contributed by atoms with Crippen LogP contribution in [0, 0.1) is 20.8 Å². The summed E-state index contributed by atoms with van der Waals surface area (Å²) in [5.41, 5.74) is 2.71. The van der Waals surface area contributed by atoms with Crippen molar-refractivity contribution in [1.29, 1.82) is 0 Å². The van der Waals surface area contributed by atoms with Crippen LogP contribution in [0.2, 0.25) is 0 Å². The predicted octanol–water partition coefficient (Wildman–Crippen LogP) is 4.20. The number of rotatable bonds is 5. The molecule has 0 unspecified atom stereocenters. The van der Waals surface area contributed by atoms with Gasteiger partial charge in [0.15, 0.2) is 0 Å². The van der Waals surface area contributed by atoms with Gasteiger partial charge in [-0.1, -0.05) is 53.1 Å². The molecule has 0 aliphatic carbocycles. The maximum absolute atomic E-state index is 13.4. The van der Waals surface area contributed by atoms with Crippen molar-refractivity contribution in [2.45, 2.75) is 30.6 Å². The number of aryl methyl sites for hydroxylation is 3. The molecule has 0 spiro atoms. The van der Waals surface area contributed by atoms with Gasteiger partial charge >= 0.3 is 0 Å². The summed E-state index contributed by atoms with van der Waals surface area (Å²) in [7, 11) is -8.71. The number of sulfonamides is 2. The number of hydrogen-bond acceptors (Lipinski definition) is 4. The second-order valence-electron chi connectivity index (χ2n) is 6.67. The van der Waals surface area contributed by atoms with E-state index in [2.05, 4.69) is 0 Å². The second kappa shape index (κ2) is 7.41. The first kappa shape index (κ1) is 20.1. The highest BCUT2D eigenvalue weighted by atomic mass is 32.3. The summed E-state index contributed by atoms with van der Waals surface area (Å²) in [5, 5.41) is 0. The standard InChI is InChI=1S/C21H21NO4S2/c1-16-4-10-19(11-5-16)22(27(23,24)20-12-6-17(2)7-13-20)28(25,26)21-14-8-18(3)9-15-21/h4-15H,1-3H3. The Labute approximate surface area is 166 Å². The van der Waals surface area contributed by atoms with E-state index in [0.717, 1.165) is 16.7 Å². The van der Waals surface area contributed by atoms with Crippen molar-refractivity contribution in [3.63, 3.8) is 0 Å². The first-order valence-electron chi connectivity index (χ1n) is 8.63. The van der Waals surface area contributed by atoms with Crippen molar-refractivity contribution in [3.8, 4) is 0 Å². The van der Waals surface area contributed by atoms with E-state index in [1.54, 1.807) is 36.4 Å². The van der Waals surface area contributed by atoms with Crippen molar-refractivity contribution in [2.75, 3.05) is 3.71 Å². The van der Waals surface area contributed by atoms with E-state index < -0.39 is 20.0 Å². The van der Waals surface area contributed by atoms with Gasteiger partial charge in [0.05, 0.1) is 15.5 Å². The molecule has 0 fully saturated rings. The monoisotopic (exact) mass is 415 g/mol. The fraction of sp³-hybridized carbons (Fsp3) is 0.143. The quantitative estimate of drug-likeness (QED) is 0.626. The van der Waals surface area contributed by atoms with Crippen LogP contribution >= 0.6 is 0 Å². The molecule has 0 saturated carbocycles. The van der Waals surface area contributed by atoms with E-state index >= 15 is 0 Å². The van der Waals surface area contributed by atoms with Crippen LogP contribution in [0.3, 0.4) is 0 Å². The molecule has 3 aromatic carbocycles. The minimum atomic E-state index is -4.35. The fourth-order valence-electron chi connectivity index (χ4n) is 2.69. The van der Waals surface area contributed by atoms with E-state index in [9.17, 15) is 16.8 Å². The van der Waals surface area contributed by atoms with Gasteiger partial charge in [-0.15, -0.1) is 0 Å². The molecule has 0 bridgehead atoms. The van der Waals surface area contributed by atoms with Gasteiger partial charge < -0.3 is 0 Å². The Kier molecular flexibility index (Phi) is 5.32. The number of hydrogen-bond donors (Lipinski definition) is 0. The molecule has 0 amide bonds. The molecule has 0 N–H and O–H groups in total. The van der Waals surface area contributed by atoms with Crippen molar-refractivity contribution < 1.29 is 16.8 Å². The third-order valence-electron chi connectivity index (χ3n) is 4.32. The SMILES string of the molecule is Cc1ccc(N(S(=O)(=O)c2ccc(C)cc2)S(=O)(=O)c2ccc(C)cc2)cc1. The summed E-state index contributed by atoms with van der Waals surface area (Å²) in [4.78, 5) is -0.177. The minimum absolute atomic E-state index is 0.0618. The molecular weight excluding hydrogens is 394 g/mol. The van der Waals surface area contributed by atoms with Crippen LogP contribution in [-0.4, -0.2) is 16.8 Å². The Morgan fingerprint density at radius 1 is 0.500 bits per heavy atom. The first-order chi connectivity index (χ1) is 13.1. The third-order valence-corrected chi connectivity index (χ3v) is 8.53. The van der Waals surface area contributed by atoms with Crippen LogP contribution < -0.4 is 3.71 Å². The van der Waals surface area contributed by atoms with Crippen LogP contribution in [0.15, 0.2) is 82.6 Å². The van der Waals surface area contributed by atoms with Crippen LogP contribution in [0.25, 0.3) is 0 Å². The Morgan fingerprint density at radius 3 is 1.11 bits per heavy atom. The maximum Gasteiger partial charge on any atom is 0.277 e. The molecule has 28 heavy (non-hydrogen) atoms. The maximum atomic E-state index is 13.4. The zero-order valence-electron chi connectivity index (χ0n) is 15.8. The fourth-order valence-corrected chi connectivity index (χ4v) is 6.38. The number of anilines is 1. The van der Waals surface area contributed by atoms with Crippen LogP contribution in [0.1, 0.15) is 16.7 Å². The van der Waals surface area contributed by atoms with Gasteiger partial charge in [0.1, 0.15) is 0 Å². The molecule has 0 atom stereocenters. The zero-order valence-corrected chi connectivity index (χ0v) is 17.5. The second-order valence-corrected chi connectivity index (χ2v) is 10.5. The summed E-state index contributed by atoms with van der Waals surface area (Å²) in [5.74, 6) is 0. The lowest BCUT2D eigenvalue weighted by molar-refractivity contribution is 0.584. The summed E-state index contributed by atoms with van der Waals surface area (Å²) in [6.45, 7) is 5.51. The van der Waals surface area contributed by atoms with Crippen molar-refractivity contribution >= 4 is 25.7 Å². The van der Waals surface area contributed by atoms with Crippen molar-refractivity contribution in [2.24, 2.45) is 0 Å². The lowest BCUT2D eigenvalue weighted by Crippen LogP contribution is -2.37. The van der Waals surface area contributed by atoms with E-state index in [0.29, 0.717) is 3.71 Å². The lowest BCUT2D eigenvalue weighted by atomic mass is 10.2. The molecule has 3 aromatic rings. The molecule has 7 heteroatoms. The number of benzene rings is 3. The molecule has 0 saturated heterocycles. The van der Waals surface area contributed by atoms with E-state index in [1.165, 1.54) is 36.4 Å². The highest BCUT2D eigenvalue weighted by Gasteiger charge is 2.36. The smallest absolute Gasteiger partial charge is 0.200 e. The molecular formula is C21H21NO4S2. The minimum Gasteiger partial charge on any atom is -0.200 e. The molecule has 0 aliphatic heterocycles. The average Bonchev–Trinajstić information content (AvgIpc) is 2.64. The molecule has 0 aromatic heterocycles. The van der Waals surface area contributed by atoms with E-state index in [-0.39, 0.29) is 15.5 Å². The first-order valence-corrected chi connectivity index (χ1v) is 11.5. The summed E-state index contributed by atoms with van der Waals surface area (Å²) >= 11 is 0. The third kappa shape index (κ3) is 3.81. The Bertz CT molecular complexity index is 1110. The molecule has 0 radical (unpaired) electrons. The largest absolute Gasteiger partial charge is 0.277 e. The molecule has 146 valence electrons. The van der Waals surface area contributed by atoms with Crippen LogP contribution in [0.5, 0.6) is 0 Å². The van der Waals surface area contributed by atoms with Gasteiger partial charge in [0.25, 0.3) is 20.0 Å². The Hall–Kier alpha value is -2.64. The van der Waals surface area contributed by atoms with Gasteiger partial charge in [-0.2, -0.15) is 3.71 Å². The lowest BCUT2D eigenvalue weighted by Gasteiger charge is -2.24. The van der Waals surface area contributed by atoms with Gasteiger partial charge in [0.2, 0.25) is 0 Å². The van der Waals surface area contributed by atoms with Gasteiger partial charge in [-0.3, -0.25) is 0 Å². The van der Waals surface area contributed by atoms with Gasteiger partial charge in [-0.25, -0.2) is 16.8 Å². The highest BCUT2D eigenvalue weighted by molar-refractivity contribution is 8.10. The summed E-state index contributed by atoms with van der Waals surface area (Å²) in [6, 6.07) is 18.5. The average molecular weight is 416 g/mol. The summed E-state index contributed by atoms with van der Waals surface area (Å²) < 4.78 is 54.0.